The molecule has 0 aliphatic carbocycles. The maximum atomic E-state index is 9.78. The molecule has 0 spiro atoms. The van der Waals surface area contributed by atoms with E-state index >= 15 is 0 Å². The first-order chi connectivity index (χ1) is 7.70. The van der Waals surface area contributed by atoms with Gasteiger partial charge in [-0.1, -0.05) is 24.8 Å². The van der Waals surface area contributed by atoms with Crippen LogP contribution in [0.4, 0.5) is 0 Å². The molecule has 1 heterocycles. The lowest BCUT2D eigenvalue weighted by Crippen LogP contribution is -2.36. The Labute approximate surface area is 97.0 Å². The van der Waals surface area contributed by atoms with Gasteiger partial charge in [-0.2, -0.15) is 0 Å². The quantitative estimate of drug-likeness (QED) is 0.354. The van der Waals surface area contributed by atoms with Crippen LogP contribution in [0, 0.1) is 0 Å². The van der Waals surface area contributed by atoms with Crippen molar-refractivity contribution in [2.75, 3.05) is 13.2 Å². The minimum atomic E-state index is -0.747. The normalized spacial score (nSPS) is 34.6. The number of rotatable bonds is 6. The molecule has 0 amide bonds. The summed E-state index contributed by atoms with van der Waals surface area (Å²) >= 11 is 0. The average molecular weight is 226 g/mol. The second kappa shape index (κ2) is 6.86. The molecule has 0 aromatic heterocycles. The van der Waals surface area contributed by atoms with Crippen LogP contribution in [0.2, 0.25) is 0 Å². The third kappa shape index (κ3) is 3.45. The molecule has 1 saturated heterocycles. The number of allylic oxidation sites excluding steroid dienone is 2. The van der Waals surface area contributed by atoms with Crippen molar-refractivity contribution in [3.8, 4) is 0 Å². The molecule has 4 nitrogen and oxygen atoms in total. The Morgan fingerprint density at radius 1 is 1.50 bits per heavy atom. The summed E-state index contributed by atoms with van der Waals surface area (Å²) in [5.41, 5.74) is 0. The van der Waals surface area contributed by atoms with Crippen LogP contribution in [0.1, 0.15) is 6.42 Å². The van der Waals surface area contributed by atoms with Gasteiger partial charge >= 0.3 is 0 Å². The monoisotopic (exact) mass is 226 g/mol. The Morgan fingerprint density at radius 2 is 2.25 bits per heavy atom. The molecule has 1 aliphatic rings. The minimum absolute atomic E-state index is 0.179. The van der Waals surface area contributed by atoms with Crippen molar-refractivity contribution >= 4 is 7.85 Å². The zero-order valence-corrected chi connectivity index (χ0v) is 9.58. The van der Waals surface area contributed by atoms with Gasteiger partial charge in [0.05, 0.1) is 19.2 Å². The first-order valence-electron chi connectivity index (χ1n) is 5.54. The van der Waals surface area contributed by atoms with Gasteiger partial charge in [0.1, 0.15) is 26.2 Å². The lowest BCUT2D eigenvalue weighted by atomic mass is 9.93. The second-order valence-electron chi connectivity index (χ2n) is 3.84. The van der Waals surface area contributed by atoms with Crippen molar-refractivity contribution in [1.29, 1.82) is 0 Å². The molecule has 16 heavy (non-hydrogen) atoms. The molecule has 2 N–H and O–H groups in total. The van der Waals surface area contributed by atoms with Gasteiger partial charge in [0.25, 0.3) is 0 Å². The summed E-state index contributed by atoms with van der Waals surface area (Å²) in [6.07, 6.45) is 4.65. The number of aliphatic hydroxyl groups is 2. The van der Waals surface area contributed by atoms with Crippen molar-refractivity contribution in [2.24, 2.45) is 0 Å². The smallest absolute Gasteiger partial charge is 0.142 e. The van der Waals surface area contributed by atoms with E-state index in [1.807, 2.05) is 20.0 Å². The van der Waals surface area contributed by atoms with E-state index in [4.69, 9.17) is 14.6 Å². The predicted molar refractivity (Wildman–Crippen MR) is 64.0 cm³/mol. The summed E-state index contributed by atoms with van der Waals surface area (Å²) < 4.78 is 10.9. The molecule has 0 saturated carbocycles. The number of aliphatic hydroxyl groups excluding tert-OH is 2. The van der Waals surface area contributed by atoms with Gasteiger partial charge in [-0.05, 0) is 6.42 Å². The van der Waals surface area contributed by atoms with Crippen LogP contribution in [0.25, 0.3) is 0 Å². The van der Waals surface area contributed by atoms with E-state index in [-0.39, 0.29) is 18.7 Å². The fourth-order valence-electron chi connectivity index (χ4n) is 1.77. The Kier molecular flexibility index (Phi) is 5.77. The molecule has 5 heteroatoms. The second-order valence-corrected chi connectivity index (χ2v) is 3.84. The van der Waals surface area contributed by atoms with E-state index in [1.165, 1.54) is 0 Å². The van der Waals surface area contributed by atoms with Gasteiger partial charge in [0.15, 0.2) is 0 Å². The highest BCUT2D eigenvalue weighted by Gasteiger charge is 2.41. The summed E-state index contributed by atoms with van der Waals surface area (Å²) in [5, 5.41) is 18.7. The highest BCUT2D eigenvalue weighted by molar-refractivity contribution is 6.11. The maximum Gasteiger partial charge on any atom is 0.142 e. The van der Waals surface area contributed by atoms with E-state index < -0.39 is 12.2 Å². The average Bonchev–Trinajstić information content (AvgIpc) is 2.55. The van der Waals surface area contributed by atoms with Gasteiger partial charge in [0, 0.05) is 0 Å². The first kappa shape index (κ1) is 13.4. The van der Waals surface area contributed by atoms with Gasteiger partial charge in [-0.25, -0.2) is 0 Å². The molecule has 1 rings (SSSR count). The van der Waals surface area contributed by atoms with Crippen LogP contribution in [0.15, 0.2) is 24.8 Å². The highest BCUT2D eigenvalue weighted by Crippen LogP contribution is 2.21. The van der Waals surface area contributed by atoms with Crippen molar-refractivity contribution in [1.82, 2.24) is 0 Å². The summed E-state index contributed by atoms with van der Waals surface area (Å²) in [4.78, 5) is 0. The van der Waals surface area contributed by atoms with Crippen molar-refractivity contribution in [2.45, 2.75) is 30.7 Å². The summed E-state index contributed by atoms with van der Waals surface area (Å²) in [6, 6.07) is -0.185. The highest BCUT2D eigenvalue weighted by atomic mass is 16.6. The third-order valence-electron chi connectivity index (χ3n) is 2.62. The largest absolute Gasteiger partial charge is 0.394 e. The SMILES string of the molecule is B[C@@H]1O[C@H](CO)C(O)[C@@H]1OCC/C=C/C=C. The zero-order chi connectivity index (χ0) is 12.0. The summed E-state index contributed by atoms with van der Waals surface area (Å²) in [7, 11) is 1.84. The Bertz CT molecular complexity index is 244. The molecule has 0 radical (unpaired) electrons. The van der Waals surface area contributed by atoms with Gasteiger partial charge < -0.3 is 19.7 Å². The van der Waals surface area contributed by atoms with E-state index in [0.717, 1.165) is 6.42 Å². The van der Waals surface area contributed by atoms with Crippen LogP contribution >= 0.6 is 0 Å². The standard InChI is InChI=1S/C11H19BO4/c1-2-3-4-5-6-15-10-9(14)8(7-13)16-11(10)12/h2-4,8-11,13-14H,1,5-7,12H2/b4-3+/t8-,9?,10+,11-/m1/s1. The van der Waals surface area contributed by atoms with E-state index in [1.54, 1.807) is 6.08 Å². The number of ether oxygens (including phenoxy) is 2. The van der Waals surface area contributed by atoms with Crippen LogP contribution < -0.4 is 0 Å². The third-order valence-corrected chi connectivity index (χ3v) is 2.62. The molecule has 0 aromatic carbocycles. The number of hydrogen-bond acceptors (Lipinski definition) is 4. The lowest BCUT2D eigenvalue weighted by Gasteiger charge is -2.18. The van der Waals surface area contributed by atoms with Gasteiger partial charge in [-0.3, -0.25) is 0 Å². The van der Waals surface area contributed by atoms with Crippen LogP contribution in [-0.2, 0) is 9.47 Å². The molecule has 1 aliphatic heterocycles. The predicted octanol–water partition coefficient (Wildman–Crippen LogP) is -0.785. The maximum absolute atomic E-state index is 9.78. The van der Waals surface area contributed by atoms with Gasteiger partial charge in [0.2, 0.25) is 0 Å². The van der Waals surface area contributed by atoms with Crippen molar-refractivity contribution < 1.29 is 19.7 Å². The molecular formula is C11H19BO4. The molecule has 0 aromatic rings. The Balaban J connectivity index is 2.30. The molecule has 4 atom stereocenters. The van der Waals surface area contributed by atoms with E-state index in [2.05, 4.69) is 6.58 Å². The minimum Gasteiger partial charge on any atom is -0.394 e. The molecule has 0 bridgehead atoms. The zero-order valence-electron chi connectivity index (χ0n) is 9.58. The fraction of sp³-hybridized carbons (Fsp3) is 0.636. The van der Waals surface area contributed by atoms with Crippen molar-refractivity contribution in [3.63, 3.8) is 0 Å². The van der Waals surface area contributed by atoms with Crippen LogP contribution in [0.5, 0.6) is 0 Å². The molecule has 1 fully saturated rings. The molecule has 1 unspecified atom stereocenters. The lowest BCUT2D eigenvalue weighted by molar-refractivity contribution is -0.0273. The van der Waals surface area contributed by atoms with E-state index in [0.29, 0.717) is 6.61 Å². The topological polar surface area (TPSA) is 58.9 Å². The van der Waals surface area contributed by atoms with E-state index in [9.17, 15) is 5.11 Å². The summed E-state index contributed by atoms with van der Waals surface area (Å²) in [6.45, 7) is 3.91. The summed E-state index contributed by atoms with van der Waals surface area (Å²) in [5.74, 6) is 0. The first-order valence-corrected chi connectivity index (χ1v) is 5.54. The Hall–Kier alpha value is -0.615. The number of hydrogen-bond donors (Lipinski definition) is 2. The Morgan fingerprint density at radius 3 is 2.81 bits per heavy atom. The van der Waals surface area contributed by atoms with Crippen LogP contribution in [-0.4, -0.2) is 55.6 Å². The van der Waals surface area contributed by atoms with Crippen molar-refractivity contribution in [3.05, 3.63) is 24.8 Å². The molecule has 90 valence electrons. The van der Waals surface area contributed by atoms with Crippen LogP contribution in [0.3, 0.4) is 0 Å². The molecular weight excluding hydrogens is 207 g/mol. The fourth-order valence-corrected chi connectivity index (χ4v) is 1.77. The van der Waals surface area contributed by atoms with Gasteiger partial charge in [-0.15, -0.1) is 0 Å².